The molecule has 0 aliphatic heterocycles. The molecule has 0 radical (unpaired) electrons. The molecule has 1 heterocycles. The van der Waals surface area contributed by atoms with Crippen molar-refractivity contribution in [3.63, 3.8) is 0 Å². The first-order chi connectivity index (χ1) is 11.6. The summed E-state index contributed by atoms with van der Waals surface area (Å²) in [5.41, 5.74) is 1.15. The van der Waals surface area contributed by atoms with Crippen LogP contribution in [0, 0.1) is 0 Å². The van der Waals surface area contributed by atoms with E-state index in [0.717, 1.165) is 0 Å². The zero-order valence-electron chi connectivity index (χ0n) is 13.3. The molecule has 122 valence electrons. The van der Waals surface area contributed by atoms with Gasteiger partial charge in [-0.05, 0) is 31.2 Å². The van der Waals surface area contributed by atoms with Gasteiger partial charge in [-0.1, -0.05) is 42.1 Å². The minimum Gasteiger partial charge on any atom is -0.468 e. The predicted molar refractivity (Wildman–Crippen MR) is 94.7 cm³/mol. The van der Waals surface area contributed by atoms with Crippen LogP contribution in [0.15, 0.2) is 64.5 Å². The summed E-state index contributed by atoms with van der Waals surface area (Å²) in [5, 5.41) is 0.525. The number of hydrogen-bond acceptors (Lipinski definition) is 5. The van der Waals surface area contributed by atoms with Crippen LogP contribution in [0.1, 0.15) is 6.92 Å². The lowest BCUT2D eigenvalue weighted by molar-refractivity contribution is -0.139. The van der Waals surface area contributed by atoms with Crippen LogP contribution in [0.25, 0.3) is 16.6 Å². The second-order valence-corrected chi connectivity index (χ2v) is 6.48. The molecule has 24 heavy (non-hydrogen) atoms. The fourth-order valence-corrected chi connectivity index (χ4v) is 3.32. The van der Waals surface area contributed by atoms with Crippen molar-refractivity contribution in [1.82, 2.24) is 9.55 Å². The van der Waals surface area contributed by atoms with Crippen LogP contribution >= 0.6 is 11.8 Å². The summed E-state index contributed by atoms with van der Waals surface area (Å²) >= 11 is 1.20. The van der Waals surface area contributed by atoms with Gasteiger partial charge in [-0.2, -0.15) is 0 Å². The monoisotopic (exact) mass is 340 g/mol. The molecule has 5 nitrogen and oxygen atoms in total. The Morgan fingerprint density at radius 2 is 1.79 bits per heavy atom. The number of methoxy groups -OCH3 is 1. The van der Waals surface area contributed by atoms with Crippen LogP contribution in [0.3, 0.4) is 0 Å². The van der Waals surface area contributed by atoms with Crippen molar-refractivity contribution < 1.29 is 9.53 Å². The Labute approximate surface area is 143 Å². The van der Waals surface area contributed by atoms with Crippen molar-refractivity contribution in [3.05, 3.63) is 65.0 Å². The minimum absolute atomic E-state index is 0.161. The summed E-state index contributed by atoms with van der Waals surface area (Å²) in [5.74, 6) is -0.359. The number of esters is 1. The topological polar surface area (TPSA) is 61.2 Å². The molecule has 0 N–H and O–H groups in total. The zero-order valence-corrected chi connectivity index (χ0v) is 14.1. The van der Waals surface area contributed by atoms with Gasteiger partial charge in [0.15, 0.2) is 5.16 Å². The van der Waals surface area contributed by atoms with Crippen molar-refractivity contribution in [2.45, 2.75) is 17.3 Å². The molecule has 0 fully saturated rings. The number of nitrogens with zero attached hydrogens (tertiary/aromatic N) is 2. The Balaban J connectivity index is 2.22. The summed E-state index contributed by atoms with van der Waals surface area (Å²) < 4.78 is 6.31. The van der Waals surface area contributed by atoms with Gasteiger partial charge in [-0.15, -0.1) is 0 Å². The van der Waals surface area contributed by atoms with Gasteiger partial charge in [0.25, 0.3) is 5.56 Å². The third-order valence-corrected chi connectivity index (χ3v) is 4.61. The van der Waals surface area contributed by atoms with Crippen LogP contribution in [0.2, 0.25) is 0 Å². The number of aromatic nitrogens is 2. The molecule has 0 saturated carbocycles. The Kier molecular flexibility index (Phi) is 4.66. The van der Waals surface area contributed by atoms with Gasteiger partial charge < -0.3 is 4.74 Å². The third kappa shape index (κ3) is 3.05. The van der Waals surface area contributed by atoms with Gasteiger partial charge in [0.2, 0.25) is 0 Å². The van der Waals surface area contributed by atoms with E-state index < -0.39 is 5.25 Å². The molecule has 0 aliphatic carbocycles. The van der Waals surface area contributed by atoms with Crippen molar-refractivity contribution >= 4 is 28.6 Å². The lowest BCUT2D eigenvalue weighted by atomic mass is 10.2. The highest BCUT2D eigenvalue weighted by Gasteiger charge is 2.20. The third-order valence-electron chi connectivity index (χ3n) is 3.57. The quantitative estimate of drug-likeness (QED) is 0.415. The standard InChI is InChI=1S/C18H16N2O3S/c1-12(17(22)23-2)24-18-19-15-11-7-6-10-14(15)16(21)20(18)13-8-4-3-5-9-13/h3-12H,1-2H3. The smallest absolute Gasteiger partial charge is 0.318 e. The van der Waals surface area contributed by atoms with E-state index in [0.29, 0.717) is 21.7 Å². The fraction of sp³-hybridized carbons (Fsp3) is 0.167. The van der Waals surface area contributed by atoms with Gasteiger partial charge in [-0.25, -0.2) is 4.98 Å². The highest BCUT2D eigenvalue weighted by molar-refractivity contribution is 8.00. The molecule has 3 aromatic rings. The molecular formula is C18H16N2O3S. The van der Waals surface area contributed by atoms with Gasteiger partial charge in [-0.3, -0.25) is 14.2 Å². The molecule has 0 bridgehead atoms. The summed E-state index contributed by atoms with van der Waals surface area (Å²) in [6.45, 7) is 1.73. The van der Waals surface area contributed by atoms with Crippen LogP contribution in [-0.2, 0) is 9.53 Å². The van der Waals surface area contributed by atoms with Crippen LogP contribution in [-0.4, -0.2) is 27.9 Å². The normalized spacial score (nSPS) is 12.1. The number of fused-ring (bicyclic) bond motifs is 1. The van der Waals surface area contributed by atoms with E-state index in [1.54, 1.807) is 19.1 Å². The highest BCUT2D eigenvalue weighted by atomic mass is 32.2. The maximum Gasteiger partial charge on any atom is 0.318 e. The van der Waals surface area contributed by atoms with E-state index in [9.17, 15) is 9.59 Å². The molecule has 1 unspecified atom stereocenters. The Hall–Kier alpha value is -2.60. The second-order valence-electron chi connectivity index (χ2n) is 5.17. The lowest BCUT2D eigenvalue weighted by Gasteiger charge is -2.15. The minimum atomic E-state index is -0.474. The molecule has 0 spiro atoms. The van der Waals surface area contributed by atoms with E-state index in [-0.39, 0.29) is 11.5 Å². The van der Waals surface area contributed by atoms with E-state index in [2.05, 4.69) is 4.98 Å². The van der Waals surface area contributed by atoms with E-state index >= 15 is 0 Å². The molecule has 2 aromatic carbocycles. The highest BCUT2D eigenvalue weighted by Crippen LogP contribution is 2.25. The predicted octanol–water partition coefficient (Wildman–Crippen LogP) is 3.04. The van der Waals surface area contributed by atoms with Crippen molar-refractivity contribution in [2.24, 2.45) is 0 Å². The Morgan fingerprint density at radius 1 is 1.12 bits per heavy atom. The number of carbonyl (C=O) groups is 1. The van der Waals surface area contributed by atoms with Gasteiger partial charge in [0, 0.05) is 0 Å². The SMILES string of the molecule is COC(=O)C(C)Sc1nc2ccccc2c(=O)n1-c1ccccc1. The van der Waals surface area contributed by atoms with Crippen LogP contribution < -0.4 is 5.56 Å². The first-order valence-corrected chi connectivity index (χ1v) is 8.31. The molecule has 0 saturated heterocycles. The summed E-state index contributed by atoms with van der Waals surface area (Å²) in [4.78, 5) is 29.3. The number of carbonyl (C=O) groups excluding carboxylic acids is 1. The molecule has 6 heteroatoms. The molecular weight excluding hydrogens is 324 g/mol. The average molecular weight is 340 g/mol. The van der Waals surface area contributed by atoms with Crippen molar-refractivity contribution in [1.29, 1.82) is 0 Å². The molecule has 1 aromatic heterocycles. The molecule has 3 rings (SSSR count). The summed E-state index contributed by atoms with van der Waals surface area (Å²) in [6.07, 6.45) is 0. The zero-order chi connectivity index (χ0) is 17.1. The molecule has 1 atom stereocenters. The van der Waals surface area contributed by atoms with E-state index in [4.69, 9.17) is 4.74 Å². The maximum atomic E-state index is 13.0. The van der Waals surface area contributed by atoms with E-state index in [1.165, 1.54) is 23.4 Å². The number of ether oxygens (including phenoxy) is 1. The summed E-state index contributed by atoms with van der Waals surface area (Å²) in [6, 6.07) is 16.5. The first kappa shape index (κ1) is 16.3. The van der Waals surface area contributed by atoms with Gasteiger partial charge in [0.1, 0.15) is 5.25 Å². The number of para-hydroxylation sites is 2. The Morgan fingerprint density at radius 3 is 2.50 bits per heavy atom. The largest absolute Gasteiger partial charge is 0.468 e. The van der Waals surface area contributed by atoms with Crippen molar-refractivity contribution in [2.75, 3.05) is 7.11 Å². The maximum absolute atomic E-state index is 13.0. The lowest BCUT2D eigenvalue weighted by Crippen LogP contribution is -2.24. The summed E-state index contributed by atoms with van der Waals surface area (Å²) in [7, 11) is 1.34. The van der Waals surface area contributed by atoms with Gasteiger partial charge in [0.05, 0.1) is 23.7 Å². The number of thioether (sulfide) groups is 1. The molecule has 0 amide bonds. The number of benzene rings is 2. The number of rotatable bonds is 4. The molecule has 0 aliphatic rings. The van der Waals surface area contributed by atoms with Crippen LogP contribution in [0.5, 0.6) is 0 Å². The van der Waals surface area contributed by atoms with Crippen LogP contribution in [0.4, 0.5) is 0 Å². The average Bonchev–Trinajstić information content (AvgIpc) is 2.62. The van der Waals surface area contributed by atoms with Crippen molar-refractivity contribution in [3.8, 4) is 5.69 Å². The second kappa shape index (κ2) is 6.88. The Bertz CT molecular complexity index is 938. The van der Waals surface area contributed by atoms with Gasteiger partial charge >= 0.3 is 5.97 Å². The van der Waals surface area contributed by atoms with E-state index in [1.807, 2.05) is 42.5 Å². The fourth-order valence-electron chi connectivity index (χ4n) is 2.37. The first-order valence-electron chi connectivity index (χ1n) is 7.43. The number of hydrogen-bond donors (Lipinski definition) is 0.